The Labute approximate surface area is 158 Å². The van der Waals surface area contributed by atoms with Crippen LogP contribution in [0.1, 0.15) is 27.2 Å². The first-order chi connectivity index (χ1) is 12.5. The van der Waals surface area contributed by atoms with Gasteiger partial charge in [0.25, 0.3) is 5.91 Å². The van der Waals surface area contributed by atoms with Crippen LogP contribution in [0.2, 0.25) is 5.02 Å². The van der Waals surface area contributed by atoms with Gasteiger partial charge in [-0.1, -0.05) is 47.5 Å². The van der Waals surface area contributed by atoms with E-state index in [1.807, 2.05) is 25.1 Å². The lowest BCUT2D eigenvalue weighted by Crippen LogP contribution is -2.14. The number of nitrogens with one attached hydrogen (secondary N) is 2. The van der Waals surface area contributed by atoms with Gasteiger partial charge in [0.15, 0.2) is 0 Å². The Morgan fingerprint density at radius 2 is 1.92 bits per heavy atom. The summed E-state index contributed by atoms with van der Waals surface area (Å²) in [5.74, 6) is -0.263. The van der Waals surface area contributed by atoms with Gasteiger partial charge in [-0.3, -0.25) is 4.79 Å². The van der Waals surface area contributed by atoms with Crippen molar-refractivity contribution in [1.82, 2.24) is 4.98 Å². The Morgan fingerprint density at radius 3 is 2.65 bits per heavy atom. The highest BCUT2D eigenvalue weighted by molar-refractivity contribution is 6.31. The highest BCUT2D eigenvalue weighted by Crippen LogP contribution is 2.21. The molecule has 3 aromatic rings. The van der Waals surface area contributed by atoms with Crippen LogP contribution in [0.3, 0.4) is 0 Å². The zero-order valence-corrected chi connectivity index (χ0v) is 15.5. The molecule has 5 heteroatoms. The number of amides is 1. The summed E-state index contributed by atoms with van der Waals surface area (Å²) in [4.78, 5) is 16.6. The quantitative estimate of drug-likeness (QED) is 0.652. The number of carbonyl (C=O) groups is 1. The summed E-state index contributed by atoms with van der Waals surface area (Å²) in [5.41, 5.74) is 5.27. The third-order valence-electron chi connectivity index (χ3n) is 4.02. The molecular weight excluding hydrogens is 346 g/mol. The number of anilines is 2. The summed E-state index contributed by atoms with van der Waals surface area (Å²) >= 11 is 5.99. The fourth-order valence-corrected chi connectivity index (χ4v) is 2.75. The van der Waals surface area contributed by atoms with Crippen LogP contribution < -0.4 is 10.6 Å². The molecule has 4 nitrogen and oxygen atoms in total. The van der Waals surface area contributed by atoms with Gasteiger partial charge in [0.05, 0.1) is 11.9 Å². The number of carbonyl (C=O) groups excluding carboxylic acids is 1. The maximum Gasteiger partial charge on any atom is 0.274 e. The molecule has 1 heterocycles. The number of pyridine rings is 1. The first-order valence-electron chi connectivity index (χ1n) is 8.34. The average Bonchev–Trinajstić information content (AvgIpc) is 2.63. The van der Waals surface area contributed by atoms with Crippen molar-refractivity contribution < 1.29 is 4.79 Å². The minimum Gasteiger partial charge on any atom is -0.380 e. The summed E-state index contributed by atoms with van der Waals surface area (Å²) < 4.78 is 0. The molecule has 0 aliphatic heterocycles. The second kappa shape index (κ2) is 8.02. The molecule has 0 aliphatic rings. The standard InChI is InChI=1S/C21H20ClN3O/c1-14-4-3-5-16(10-14)12-23-18-8-9-19(24-13-18)21(26)25-20-11-17(22)7-6-15(20)2/h3-11,13,23H,12H2,1-2H3,(H,25,26). The molecule has 1 aromatic heterocycles. The average molecular weight is 366 g/mol. The van der Waals surface area contributed by atoms with Crippen molar-refractivity contribution in [1.29, 1.82) is 0 Å². The van der Waals surface area contributed by atoms with Crippen LogP contribution in [0.25, 0.3) is 0 Å². The fourth-order valence-electron chi connectivity index (χ4n) is 2.57. The molecule has 2 N–H and O–H groups in total. The molecule has 0 bridgehead atoms. The molecule has 0 spiro atoms. The Bertz CT molecular complexity index is 923. The predicted molar refractivity (Wildman–Crippen MR) is 107 cm³/mol. The number of hydrogen-bond acceptors (Lipinski definition) is 3. The summed E-state index contributed by atoms with van der Waals surface area (Å²) in [6.45, 7) is 4.69. The van der Waals surface area contributed by atoms with Gasteiger partial charge >= 0.3 is 0 Å². The zero-order valence-electron chi connectivity index (χ0n) is 14.7. The number of aromatic nitrogens is 1. The molecule has 0 saturated carbocycles. The first kappa shape index (κ1) is 18.0. The molecular formula is C21H20ClN3O. The van der Waals surface area contributed by atoms with Crippen LogP contribution >= 0.6 is 11.6 Å². The van der Waals surface area contributed by atoms with E-state index in [0.717, 1.165) is 11.3 Å². The van der Waals surface area contributed by atoms with Gasteiger partial charge < -0.3 is 10.6 Å². The van der Waals surface area contributed by atoms with E-state index in [0.29, 0.717) is 22.9 Å². The maximum absolute atomic E-state index is 12.4. The van der Waals surface area contributed by atoms with Gasteiger partial charge in [0.2, 0.25) is 0 Å². The van der Waals surface area contributed by atoms with Crippen molar-refractivity contribution in [2.24, 2.45) is 0 Å². The fraction of sp³-hybridized carbons (Fsp3) is 0.143. The molecule has 0 unspecified atom stereocenters. The number of aryl methyl sites for hydroxylation is 2. The summed E-state index contributed by atoms with van der Waals surface area (Å²) in [7, 11) is 0. The van der Waals surface area contributed by atoms with Gasteiger partial charge in [-0.2, -0.15) is 0 Å². The van der Waals surface area contributed by atoms with Crippen molar-refractivity contribution in [2.75, 3.05) is 10.6 Å². The van der Waals surface area contributed by atoms with Crippen molar-refractivity contribution in [2.45, 2.75) is 20.4 Å². The summed E-state index contributed by atoms with van der Waals surface area (Å²) in [6, 6.07) is 17.3. The zero-order chi connectivity index (χ0) is 18.5. The van der Waals surface area contributed by atoms with E-state index in [1.54, 1.807) is 24.4 Å². The van der Waals surface area contributed by atoms with E-state index in [-0.39, 0.29) is 5.91 Å². The van der Waals surface area contributed by atoms with Gasteiger partial charge in [0, 0.05) is 17.3 Å². The number of hydrogen-bond donors (Lipinski definition) is 2. The van der Waals surface area contributed by atoms with Crippen molar-refractivity contribution >= 4 is 28.9 Å². The largest absolute Gasteiger partial charge is 0.380 e. The number of benzene rings is 2. The first-order valence-corrected chi connectivity index (χ1v) is 8.72. The van der Waals surface area contributed by atoms with Crippen LogP contribution in [0.5, 0.6) is 0 Å². The van der Waals surface area contributed by atoms with Gasteiger partial charge in [-0.15, -0.1) is 0 Å². The molecule has 2 aromatic carbocycles. The number of rotatable bonds is 5. The predicted octanol–water partition coefficient (Wildman–Crippen LogP) is 5.22. The maximum atomic E-state index is 12.4. The molecule has 0 aliphatic carbocycles. The number of nitrogens with zero attached hydrogens (tertiary/aromatic N) is 1. The molecule has 0 radical (unpaired) electrons. The molecule has 3 rings (SSSR count). The van der Waals surface area contributed by atoms with Gasteiger partial charge in [0.1, 0.15) is 5.69 Å². The Balaban J connectivity index is 1.63. The van der Waals surface area contributed by atoms with Crippen LogP contribution in [0.4, 0.5) is 11.4 Å². The monoisotopic (exact) mass is 365 g/mol. The van der Waals surface area contributed by atoms with Gasteiger partial charge in [-0.05, 0) is 49.2 Å². The highest BCUT2D eigenvalue weighted by Gasteiger charge is 2.09. The molecule has 0 atom stereocenters. The van der Waals surface area contributed by atoms with E-state index >= 15 is 0 Å². The topological polar surface area (TPSA) is 54.0 Å². The third-order valence-corrected chi connectivity index (χ3v) is 4.26. The molecule has 1 amide bonds. The van der Waals surface area contributed by atoms with Crippen LogP contribution in [-0.2, 0) is 6.54 Å². The van der Waals surface area contributed by atoms with E-state index in [2.05, 4.69) is 40.7 Å². The van der Waals surface area contributed by atoms with Crippen LogP contribution in [0, 0.1) is 13.8 Å². The lowest BCUT2D eigenvalue weighted by atomic mass is 10.1. The second-order valence-electron chi connectivity index (χ2n) is 6.19. The molecule has 26 heavy (non-hydrogen) atoms. The van der Waals surface area contributed by atoms with E-state index in [1.165, 1.54) is 11.1 Å². The lowest BCUT2D eigenvalue weighted by Gasteiger charge is -2.10. The van der Waals surface area contributed by atoms with E-state index in [4.69, 9.17) is 11.6 Å². The molecule has 0 saturated heterocycles. The molecule has 132 valence electrons. The summed E-state index contributed by atoms with van der Waals surface area (Å²) in [5, 5.41) is 6.73. The highest BCUT2D eigenvalue weighted by atomic mass is 35.5. The minimum atomic E-state index is -0.263. The van der Waals surface area contributed by atoms with Crippen molar-refractivity contribution in [3.05, 3.63) is 88.2 Å². The second-order valence-corrected chi connectivity index (χ2v) is 6.62. The minimum absolute atomic E-state index is 0.263. The lowest BCUT2D eigenvalue weighted by molar-refractivity contribution is 0.102. The van der Waals surface area contributed by atoms with Gasteiger partial charge in [-0.25, -0.2) is 4.98 Å². The van der Waals surface area contributed by atoms with Crippen LogP contribution in [0.15, 0.2) is 60.8 Å². The molecule has 0 fully saturated rings. The van der Waals surface area contributed by atoms with Crippen molar-refractivity contribution in [3.8, 4) is 0 Å². The normalized spacial score (nSPS) is 10.4. The van der Waals surface area contributed by atoms with E-state index in [9.17, 15) is 4.79 Å². The Kier molecular flexibility index (Phi) is 5.54. The smallest absolute Gasteiger partial charge is 0.274 e. The third kappa shape index (κ3) is 4.61. The SMILES string of the molecule is Cc1cccc(CNc2ccc(C(=O)Nc3cc(Cl)ccc3C)nc2)c1. The number of halogens is 1. The summed E-state index contributed by atoms with van der Waals surface area (Å²) in [6.07, 6.45) is 1.66. The van der Waals surface area contributed by atoms with E-state index < -0.39 is 0 Å². The Hall–Kier alpha value is -2.85. The van der Waals surface area contributed by atoms with Crippen molar-refractivity contribution in [3.63, 3.8) is 0 Å². The Morgan fingerprint density at radius 1 is 1.08 bits per heavy atom. The van der Waals surface area contributed by atoms with Crippen LogP contribution in [-0.4, -0.2) is 10.9 Å².